The summed E-state index contributed by atoms with van der Waals surface area (Å²) in [6.07, 6.45) is 1.85. The summed E-state index contributed by atoms with van der Waals surface area (Å²) in [6, 6.07) is 49.0. The van der Waals surface area contributed by atoms with E-state index in [2.05, 4.69) is 76.2 Å². The van der Waals surface area contributed by atoms with Gasteiger partial charge in [-0.05, 0) is 83.4 Å². The molecule has 0 aliphatic rings. The van der Waals surface area contributed by atoms with E-state index < -0.39 is 6.85 Å². The van der Waals surface area contributed by atoms with Gasteiger partial charge >= 0.3 is 0 Å². The molecule has 6 aromatic carbocycles. The second-order valence-electron chi connectivity index (χ2n) is 14.3. The van der Waals surface area contributed by atoms with E-state index in [4.69, 9.17) is 14.1 Å². The van der Waals surface area contributed by atoms with Crippen LogP contribution in [-0.4, -0.2) is 19.6 Å². The molecule has 4 nitrogen and oxygen atoms in total. The Morgan fingerprint density at radius 2 is 1.38 bits per heavy atom. The molecule has 0 amide bonds. The second-order valence-corrected chi connectivity index (χ2v) is 14.3. The predicted molar refractivity (Wildman–Crippen MR) is 215 cm³/mol. The Kier molecular flexibility index (Phi) is 8.75. The topological polar surface area (TPSA) is 50.9 Å². The zero-order valence-electron chi connectivity index (χ0n) is 33.0. The summed E-state index contributed by atoms with van der Waals surface area (Å²) in [5.41, 5.74) is 12.2. The third-order valence-corrected chi connectivity index (χ3v) is 9.56. The molecule has 2 aromatic heterocycles. The maximum atomic E-state index is 11.2. The maximum absolute atomic E-state index is 11.2. The minimum atomic E-state index is -2.36. The molecule has 53 heavy (non-hydrogen) atoms. The van der Waals surface area contributed by atoms with Gasteiger partial charge < -0.3 is 5.11 Å². The summed E-state index contributed by atoms with van der Waals surface area (Å²) < 4.78 is 27.2. The van der Waals surface area contributed by atoms with Crippen molar-refractivity contribution in [2.24, 2.45) is 0 Å². The molecule has 5 heteroatoms. The van der Waals surface area contributed by atoms with Crippen molar-refractivity contribution in [1.29, 1.82) is 0 Å². The number of rotatable bonds is 6. The molecule has 0 bridgehead atoms. The monoisotopic (exact) mass is 872 g/mol. The van der Waals surface area contributed by atoms with Crippen molar-refractivity contribution in [3.05, 3.63) is 168 Å². The van der Waals surface area contributed by atoms with Crippen LogP contribution in [0.1, 0.15) is 41.6 Å². The third-order valence-electron chi connectivity index (χ3n) is 9.56. The number of aryl methyl sites for hydroxylation is 2. The molecule has 2 heterocycles. The number of hydrogen-bond donors (Lipinski definition) is 1. The Bertz CT molecular complexity index is 2700. The van der Waals surface area contributed by atoms with Crippen molar-refractivity contribution < 1.29 is 30.3 Å². The zero-order valence-corrected chi connectivity index (χ0v) is 32.2. The molecule has 0 saturated carbocycles. The molecule has 0 atom stereocenters. The van der Waals surface area contributed by atoms with Crippen molar-refractivity contribution >= 4 is 11.0 Å². The van der Waals surface area contributed by atoms with Gasteiger partial charge in [0.15, 0.2) is 0 Å². The number of phenols is 1. The van der Waals surface area contributed by atoms with E-state index in [1.165, 1.54) is 5.56 Å². The summed E-state index contributed by atoms with van der Waals surface area (Å²) in [5.74, 6) is 0.556. The van der Waals surface area contributed by atoms with Crippen LogP contribution < -0.4 is 0 Å². The minimum Gasteiger partial charge on any atom is -0.507 e. The molecule has 0 radical (unpaired) electrons. The van der Waals surface area contributed by atoms with E-state index >= 15 is 0 Å². The van der Waals surface area contributed by atoms with E-state index in [0.717, 1.165) is 55.7 Å². The average molecular weight is 873 g/mol. The van der Waals surface area contributed by atoms with Crippen LogP contribution in [0.5, 0.6) is 5.75 Å². The first-order valence-corrected chi connectivity index (χ1v) is 17.5. The standard InChI is InChI=1S/C48H40N3O.Pt/c1-31-18-20-34(21-19-31)35-22-23-49-43(30-35)38-26-37(27-39(28-38)48(3,4)5)41-15-11-16-44-46(41)50-47(42-14-9-10-17-45(42)52)51(44)40-25-32(2)24-36(29-40)33-12-7-6-8-13-33;/h6-25,27-30,52H,1-5H3;/q-1;/i2D3;. The summed E-state index contributed by atoms with van der Waals surface area (Å²) in [5, 5.41) is 11.2. The van der Waals surface area contributed by atoms with Crippen LogP contribution in [0.4, 0.5) is 0 Å². The zero-order chi connectivity index (χ0) is 38.5. The quantitative estimate of drug-likeness (QED) is 0.169. The van der Waals surface area contributed by atoms with Gasteiger partial charge in [-0.25, -0.2) is 4.98 Å². The van der Waals surface area contributed by atoms with Gasteiger partial charge in [-0.2, -0.15) is 0 Å². The van der Waals surface area contributed by atoms with Gasteiger partial charge in [0.05, 0.1) is 16.6 Å². The molecule has 0 aliphatic carbocycles. The number of para-hydroxylation sites is 2. The summed E-state index contributed by atoms with van der Waals surface area (Å²) in [7, 11) is 0. The summed E-state index contributed by atoms with van der Waals surface area (Å²) >= 11 is 0. The van der Waals surface area contributed by atoms with Crippen molar-refractivity contribution in [3.8, 4) is 67.5 Å². The molecular weight excluding hydrogens is 830 g/mol. The largest absolute Gasteiger partial charge is 0.507 e. The van der Waals surface area contributed by atoms with Crippen molar-refractivity contribution in [2.45, 2.75) is 40.0 Å². The summed E-state index contributed by atoms with van der Waals surface area (Å²) in [6.45, 7) is 6.31. The molecular formula is C48H40N3OPt-. The predicted octanol–water partition coefficient (Wildman–Crippen LogP) is 12.2. The molecule has 1 N–H and O–H groups in total. The fourth-order valence-electron chi connectivity index (χ4n) is 6.75. The molecule has 0 saturated heterocycles. The number of hydrogen-bond acceptors (Lipinski definition) is 3. The SMILES string of the molecule is [2H]C([2H])([2H])c1cc(-c2ccccc2)cc(-n2c(-c3ccccc3O)nc3c(-c4[c-]c(-c5cc(-c6ccc(C)cc6)ccn5)cc(C(C)(C)C)c4)cccc32)c1.[Pt]. The molecule has 264 valence electrons. The average Bonchev–Trinajstić information content (AvgIpc) is 3.57. The van der Waals surface area contributed by atoms with E-state index in [1.54, 1.807) is 24.3 Å². The number of nitrogens with zero attached hydrogens (tertiary/aromatic N) is 3. The van der Waals surface area contributed by atoms with Gasteiger partial charge in [0, 0.05) is 42.8 Å². The Morgan fingerprint density at radius 3 is 2.13 bits per heavy atom. The molecule has 0 spiro atoms. The first-order valence-electron chi connectivity index (χ1n) is 19.0. The Hall–Kier alpha value is -5.57. The van der Waals surface area contributed by atoms with Gasteiger partial charge in [-0.15, -0.1) is 29.3 Å². The van der Waals surface area contributed by atoms with Crippen molar-refractivity contribution in [3.63, 3.8) is 0 Å². The second kappa shape index (κ2) is 14.5. The van der Waals surface area contributed by atoms with Crippen molar-refractivity contribution in [1.82, 2.24) is 14.5 Å². The number of phenolic OH excluding ortho intramolecular Hbond substituents is 1. The molecule has 0 aliphatic heterocycles. The first kappa shape index (κ1) is 32.1. The molecule has 8 rings (SSSR count). The maximum Gasteiger partial charge on any atom is 0.148 e. The van der Waals surface area contributed by atoms with Crippen LogP contribution in [0.15, 0.2) is 146 Å². The Balaban J connectivity index is 0.00000480. The summed E-state index contributed by atoms with van der Waals surface area (Å²) in [4.78, 5) is 10.1. The fourth-order valence-corrected chi connectivity index (χ4v) is 6.75. The number of aromatic nitrogens is 3. The van der Waals surface area contributed by atoms with Gasteiger partial charge in [-0.1, -0.05) is 128 Å². The number of imidazole rings is 1. The van der Waals surface area contributed by atoms with Crippen LogP contribution in [0.25, 0.3) is 72.7 Å². The fraction of sp³-hybridized carbons (Fsp3) is 0.125. The number of benzene rings is 6. The van der Waals surface area contributed by atoms with E-state index in [0.29, 0.717) is 22.6 Å². The van der Waals surface area contributed by atoms with Crippen LogP contribution in [0, 0.1) is 19.8 Å². The van der Waals surface area contributed by atoms with Crippen LogP contribution in [0.3, 0.4) is 0 Å². The van der Waals surface area contributed by atoms with E-state index in [-0.39, 0.29) is 37.8 Å². The van der Waals surface area contributed by atoms with Gasteiger partial charge in [0.25, 0.3) is 0 Å². The van der Waals surface area contributed by atoms with E-state index in [9.17, 15) is 5.11 Å². The van der Waals surface area contributed by atoms with Gasteiger partial charge in [-0.3, -0.25) is 9.55 Å². The van der Waals surface area contributed by atoms with Crippen LogP contribution in [0.2, 0.25) is 0 Å². The molecule has 0 unspecified atom stereocenters. The number of fused-ring (bicyclic) bond motifs is 1. The first-order chi connectivity index (χ1) is 26.3. The number of aromatic hydroxyl groups is 1. The number of pyridine rings is 1. The smallest absolute Gasteiger partial charge is 0.148 e. The molecule has 8 aromatic rings. The Morgan fingerprint density at radius 1 is 0.660 bits per heavy atom. The van der Waals surface area contributed by atoms with Gasteiger partial charge in [0.1, 0.15) is 11.6 Å². The van der Waals surface area contributed by atoms with Gasteiger partial charge in [0.2, 0.25) is 0 Å². The van der Waals surface area contributed by atoms with Crippen molar-refractivity contribution in [2.75, 3.05) is 0 Å². The Labute approximate surface area is 330 Å². The molecule has 0 fully saturated rings. The van der Waals surface area contributed by atoms with E-state index in [1.807, 2.05) is 83.6 Å². The minimum absolute atomic E-state index is 0. The normalized spacial score (nSPS) is 12.5. The third kappa shape index (κ3) is 7.12. The van der Waals surface area contributed by atoms with Crippen LogP contribution >= 0.6 is 0 Å². The van der Waals surface area contributed by atoms with Crippen LogP contribution in [-0.2, 0) is 26.5 Å².